The predicted molar refractivity (Wildman–Crippen MR) is 59.4 cm³/mol. The van der Waals surface area contributed by atoms with Crippen LogP contribution in [0.2, 0.25) is 0 Å². The molecule has 1 heterocycles. The summed E-state index contributed by atoms with van der Waals surface area (Å²) >= 11 is 0. The number of aliphatic hydroxyl groups excluding tert-OH is 1. The highest BCUT2D eigenvalue weighted by molar-refractivity contribution is 5.86. The zero-order valence-corrected chi connectivity index (χ0v) is 9.70. The van der Waals surface area contributed by atoms with Gasteiger partial charge in [0.05, 0.1) is 29.8 Å². The van der Waals surface area contributed by atoms with Gasteiger partial charge in [0.15, 0.2) is 0 Å². The normalized spacial score (nSPS) is 12.2. The predicted octanol–water partition coefficient (Wildman–Crippen LogP) is 1.21. The lowest BCUT2D eigenvalue weighted by Gasteiger charge is -2.07. The van der Waals surface area contributed by atoms with Crippen LogP contribution in [0.3, 0.4) is 0 Å². The Kier molecular flexibility index (Phi) is 4.30. The van der Waals surface area contributed by atoms with E-state index in [1.807, 2.05) is 0 Å². The fourth-order valence-electron chi connectivity index (χ4n) is 1.34. The number of anilines is 1. The van der Waals surface area contributed by atoms with Crippen LogP contribution in [-0.2, 0) is 11.2 Å². The van der Waals surface area contributed by atoms with Crippen LogP contribution in [0.15, 0.2) is 0 Å². The topological polar surface area (TPSA) is 87.2 Å². The number of aromatic nitrogens is 2. The molecular formula is C10H17N3O3. The van der Waals surface area contributed by atoms with E-state index in [9.17, 15) is 9.90 Å². The van der Waals surface area contributed by atoms with Gasteiger partial charge >= 0.3 is 6.09 Å². The van der Waals surface area contributed by atoms with Crippen molar-refractivity contribution >= 4 is 11.8 Å². The van der Waals surface area contributed by atoms with Gasteiger partial charge in [-0.15, -0.1) is 0 Å². The summed E-state index contributed by atoms with van der Waals surface area (Å²) in [5, 5.41) is 18.7. The number of hydrogen-bond acceptors (Lipinski definition) is 4. The van der Waals surface area contributed by atoms with Crippen molar-refractivity contribution in [1.82, 2.24) is 10.2 Å². The first-order chi connectivity index (χ1) is 7.54. The van der Waals surface area contributed by atoms with Gasteiger partial charge in [-0.05, 0) is 20.8 Å². The smallest absolute Gasteiger partial charge is 0.411 e. The van der Waals surface area contributed by atoms with Crippen LogP contribution in [-0.4, -0.2) is 34.1 Å². The molecule has 3 N–H and O–H groups in total. The van der Waals surface area contributed by atoms with Gasteiger partial charge in [-0.25, -0.2) is 4.79 Å². The van der Waals surface area contributed by atoms with E-state index < -0.39 is 12.2 Å². The molecule has 0 fully saturated rings. The summed E-state index contributed by atoms with van der Waals surface area (Å²) in [6, 6.07) is 0. The number of ether oxygens (including phenoxy) is 1. The Morgan fingerprint density at radius 2 is 2.38 bits per heavy atom. The summed E-state index contributed by atoms with van der Waals surface area (Å²) in [6.07, 6.45) is -0.643. The first-order valence-corrected chi connectivity index (χ1v) is 5.20. The maximum Gasteiger partial charge on any atom is 0.411 e. The Bertz CT molecular complexity index is 360. The third-order valence-electron chi connectivity index (χ3n) is 2.01. The molecular weight excluding hydrogens is 210 g/mol. The van der Waals surface area contributed by atoms with Gasteiger partial charge in [0.25, 0.3) is 0 Å². The number of amides is 1. The number of nitrogens with zero attached hydrogens (tertiary/aromatic N) is 1. The van der Waals surface area contributed by atoms with Gasteiger partial charge in [0, 0.05) is 6.42 Å². The monoisotopic (exact) mass is 227 g/mol. The Balaban J connectivity index is 2.77. The highest BCUT2D eigenvalue weighted by atomic mass is 16.5. The van der Waals surface area contributed by atoms with E-state index in [2.05, 4.69) is 15.5 Å². The first kappa shape index (κ1) is 12.5. The molecule has 1 aromatic rings. The standard InChI is InChI=1S/C10H17N3O3/c1-4-16-10(15)11-9-7(3)12-13-8(9)5-6(2)14/h6,14H,4-5H2,1-3H3,(H,11,15)(H,12,13). The van der Waals surface area contributed by atoms with E-state index in [-0.39, 0.29) is 0 Å². The summed E-state index contributed by atoms with van der Waals surface area (Å²) in [4.78, 5) is 11.3. The van der Waals surface area contributed by atoms with Crippen LogP contribution in [0.4, 0.5) is 10.5 Å². The third kappa shape index (κ3) is 3.23. The number of aliphatic hydroxyl groups is 1. The minimum absolute atomic E-state index is 0.314. The molecule has 6 nitrogen and oxygen atoms in total. The number of rotatable bonds is 4. The third-order valence-corrected chi connectivity index (χ3v) is 2.01. The average molecular weight is 227 g/mol. The molecule has 1 aromatic heterocycles. The summed E-state index contributed by atoms with van der Waals surface area (Å²) in [7, 11) is 0. The van der Waals surface area contributed by atoms with E-state index in [0.717, 1.165) is 5.69 Å². The second kappa shape index (κ2) is 5.50. The van der Waals surface area contributed by atoms with E-state index in [1.165, 1.54) is 0 Å². The molecule has 16 heavy (non-hydrogen) atoms. The number of aromatic amines is 1. The molecule has 0 saturated heterocycles. The molecule has 1 rings (SSSR count). The first-order valence-electron chi connectivity index (χ1n) is 5.20. The lowest BCUT2D eigenvalue weighted by molar-refractivity contribution is 0.167. The molecule has 6 heteroatoms. The highest BCUT2D eigenvalue weighted by Crippen LogP contribution is 2.19. The van der Waals surface area contributed by atoms with Gasteiger partial charge < -0.3 is 9.84 Å². The van der Waals surface area contributed by atoms with Crippen LogP contribution in [0.5, 0.6) is 0 Å². The lowest BCUT2D eigenvalue weighted by atomic mass is 10.2. The van der Waals surface area contributed by atoms with Crippen molar-refractivity contribution in [1.29, 1.82) is 0 Å². The number of carbonyl (C=O) groups is 1. The van der Waals surface area contributed by atoms with E-state index in [1.54, 1.807) is 20.8 Å². The largest absolute Gasteiger partial charge is 0.450 e. The molecule has 0 aliphatic carbocycles. The van der Waals surface area contributed by atoms with Crippen LogP contribution >= 0.6 is 0 Å². The van der Waals surface area contributed by atoms with Crippen molar-refractivity contribution in [2.24, 2.45) is 0 Å². The lowest BCUT2D eigenvalue weighted by Crippen LogP contribution is -2.16. The fraction of sp³-hybridized carbons (Fsp3) is 0.600. The molecule has 1 unspecified atom stereocenters. The molecule has 0 aliphatic rings. The minimum Gasteiger partial charge on any atom is -0.450 e. The van der Waals surface area contributed by atoms with Crippen molar-refractivity contribution < 1.29 is 14.6 Å². The summed E-state index contributed by atoms with van der Waals surface area (Å²) in [5.41, 5.74) is 1.95. The van der Waals surface area contributed by atoms with Crippen LogP contribution in [0.1, 0.15) is 25.2 Å². The van der Waals surface area contributed by atoms with Gasteiger partial charge in [-0.2, -0.15) is 5.10 Å². The Morgan fingerprint density at radius 1 is 1.69 bits per heavy atom. The second-order valence-corrected chi connectivity index (χ2v) is 3.57. The number of aryl methyl sites for hydroxylation is 1. The molecule has 0 spiro atoms. The van der Waals surface area contributed by atoms with Gasteiger partial charge in [-0.3, -0.25) is 10.4 Å². The molecule has 0 saturated carbocycles. The Hall–Kier alpha value is -1.56. The maximum atomic E-state index is 11.3. The zero-order valence-electron chi connectivity index (χ0n) is 9.70. The molecule has 0 aromatic carbocycles. The molecule has 90 valence electrons. The highest BCUT2D eigenvalue weighted by Gasteiger charge is 2.14. The molecule has 0 bridgehead atoms. The number of carbonyl (C=O) groups excluding carboxylic acids is 1. The molecule has 1 atom stereocenters. The Morgan fingerprint density at radius 3 is 2.94 bits per heavy atom. The SMILES string of the molecule is CCOC(=O)Nc1c(CC(C)O)n[nH]c1C. The van der Waals surface area contributed by atoms with Gasteiger partial charge in [-0.1, -0.05) is 0 Å². The zero-order chi connectivity index (χ0) is 12.1. The molecule has 1 amide bonds. The number of hydrogen-bond donors (Lipinski definition) is 3. The second-order valence-electron chi connectivity index (χ2n) is 3.57. The van der Waals surface area contributed by atoms with E-state index >= 15 is 0 Å². The summed E-state index contributed by atoms with van der Waals surface area (Å²) < 4.78 is 4.78. The Labute approximate surface area is 94.0 Å². The molecule has 0 aliphatic heterocycles. The van der Waals surface area contributed by atoms with E-state index in [4.69, 9.17) is 4.74 Å². The van der Waals surface area contributed by atoms with Gasteiger partial charge in [0.1, 0.15) is 0 Å². The van der Waals surface area contributed by atoms with Gasteiger partial charge in [0.2, 0.25) is 0 Å². The van der Waals surface area contributed by atoms with Crippen LogP contribution in [0.25, 0.3) is 0 Å². The van der Waals surface area contributed by atoms with E-state index in [0.29, 0.717) is 24.4 Å². The minimum atomic E-state index is -0.515. The van der Waals surface area contributed by atoms with Crippen LogP contribution in [0, 0.1) is 6.92 Å². The maximum absolute atomic E-state index is 11.3. The van der Waals surface area contributed by atoms with Crippen molar-refractivity contribution in [2.45, 2.75) is 33.3 Å². The quantitative estimate of drug-likeness (QED) is 0.721. The van der Waals surface area contributed by atoms with Crippen LogP contribution < -0.4 is 5.32 Å². The average Bonchev–Trinajstić information content (AvgIpc) is 2.49. The number of nitrogens with one attached hydrogen (secondary N) is 2. The number of H-pyrrole nitrogens is 1. The fourth-order valence-corrected chi connectivity index (χ4v) is 1.34. The van der Waals surface area contributed by atoms with Crippen molar-refractivity contribution in [3.8, 4) is 0 Å². The summed E-state index contributed by atoms with van der Waals surface area (Å²) in [6.45, 7) is 5.51. The molecule has 0 radical (unpaired) electrons. The van der Waals surface area contributed by atoms with Crippen molar-refractivity contribution in [3.63, 3.8) is 0 Å². The van der Waals surface area contributed by atoms with Crippen molar-refractivity contribution in [3.05, 3.63) is 11.4 Å². The summed E-state index contributed by atoms with van der Waals surface area (Å²) in [5.74, 6) is 0. The van der Waals surface area contributed by atoms with Crippen molar-refractivity contribution in [2.75, 3.05) is 11.9 Å².